The van der Waals surface area contributed by atoms with Crippen LogP contribution in [-0.2, 0) is 6.42 Å². The molecule has 0 aromatic heterocycles. The molecule has 144 valence electrons. The maximum absolute atomic E-state index is 12.6. The van der Waals surface area contributed by atoms with Crippen LogP contribution in [0.2, 0.25) is 0 Å². The van der Waals surface area contributed by atoms with Crippen LogP contribution in [0.25, 0.3) is 0 Å². The zero-order valence-corrected chi connectivity index (χ0v) is 15.8. The molecule has 4 N–H and O–H groups in total. The molecule has 5 nitrogen and oxygen atoms in total. The van der Waals surface area contributed by atoms with E-state index in [1.165, 1.54) is 12.1 Å². The third-order valence-corrected chi connectivity index (χ3v) is 4.35. The maximum atomic E-state index is 12.6. The number of phenolic OH excluding ortho intramolecular Hbond substituents is 2. The van der Waals surface area contributed by atoms with Crippen molar-refractivity contribution >= 4 is 5.78 Å². The normalized spacial score (nSPS) is 17.6. The van der Waals surface area contributed by atoms with E-state index in [1.807, 2.05) is 26.8 Å². The molecule has 27 heavy (non-hydrogen) atoms. The second-order valence-electron chi connectivity index (χ2n) is 7.01. The fraction of sp³-hybridized carbons (Fsp3) is 0.318. The predicted octanol–water partition coefficient (Wildman–Crippen LogP) is 3.34. The van der Waals surface area contributed by atoms with Crippen molar-refractivity contribution in [1.29, 1.82) is 0 Å². The highest BCUT2D eigenvalue weighted by atomic mass is 16.3. The summed E-state index contributed by atoms with van der Waals surface area (Å²) < 4.78 is 0. The van der Waals surface area contributed by atoms with Crippen molar-refractivity contribution in [2.75, 3.05) is 0 Å². The Labute approximate surface area is 159 Å². The van der Waals surface area contributed by atoms with Crippen LogP contribution >= 0.6 is 0 Å². The van der Waals surface area contributed by atoms with E-state index in [-0.39, 0.29) is 35.5 Å². The molecular formula is C22H26O5. The van der Waals surface area contributed by atoms with Crippen molar-refractivity contribution in [2.24, 2.45) is 0 Å². The van der Waals surface area contributed by atoms with Gasteiger partial charge < -0.3 is 20.4 Å². The number of Topliss-reactive ketones (excluding diaryl/α,β-unsaturated/α-hetero) is 1. The minimum Gasteiger partial charge on any atom is -0.508 e. The van der Waals surface area contributed by atoms with Crippen molar-refractivity contribution in [3.8, 4) is 11.5 Å². The van der Waals surface area contributed by atoms with Gasteiger partial charge in [0.05, 0.1) is 11.7 Å². The number of rotatable bonds is 6. The number of benzene rings is 1. The van der Waals surface area contributed by atoms with Crippen molar-refractivity contribution in [3.63, 3.8) is 0 Å². The topological polar surface area (TPSA) is 98.0 Å². The summed E-state index contributed by atoms with van der Waals surface area (Å²) in [6.45, 7) is 5.64. The molecular weight excluding hydrogens is 344 g/mol. The summed E-state index contributed by atoms with van der Waals surface area (Å²) in [6, 6.07) is 2.65. The molecule has 0 heterocycles. The van der Waals surface area contributed by atoms with Gasteiger partial charge in [0, 0.05) is 12.0 Å². The smallest absolute Gasteiger partial charge is 0.195 e. The van der Waals surface area contributed by atoms with Gasteiger partial charge in [0.1, 0.15) is 17.6 Å². The van der Waals surface area contributed by atoms with E-state index in [9.17, 15) is 25.2 Å². The average molecular weight is 370 g/mol. The monoisotopic (exact) mass is 370 g/mol. The van der Waals surface area contributed by atoms with Gasteiger partial charge in [-0.05, 0) is 57.0 Å². The fourth-order valence-corrected chi connectivity index (χ4v) is 2.85. The van der Waals surface area contributed by atoms with Gasteiger partial charge in [-0.2, -0.15) is 0 Å². The van der Waals surface area contributed by atoms with Gasteiger partial charge in [-0.1, -0.05) is 29.4 Å². The molecule has 1 aromatic carbocycles. The summed E-state index contributed by atoms with van der Waals surface area (Å²) in [5.74, 6) is -1.06. The first-order chi connectivity index (χ1) is 12.7. The van der Waals surface area contributed by atoms with E-state index in [0.29, 0.717) is 5.57 Å². The summed E-state index contributed by atoms with van der Waals surface area (Å²) in [5, 5.41) is 40.7. The number of ketones is 1. The summed E-state index contributed by atoms with van der Waals surface area (Å²) >= 11 is 0. The quantitative estimate of drug-likeness (QED) is 0.455. The number of aromatic hydroxyl groups is 2. The standard InChI is InChI=1S/C22H26O5/c1-13(2)4-7-17-19(24)9-8-18(21(17)26)22(27)20(25)12-15-6-5-14(3)10-16(23)11-15/h4-6,8-11,16,20,23-26H,7,12H2,1-3H3. The second kappa shape index (κ2) is 8.84. The molecule has 0 bridgehead atoms. The molecule has 1 aliphatic carbocycles. The van der Waals surface area contributed by atoms with Gasteiger partial charge in [0.2, 0.25) is 0 Å². The van der Waals surface area contributed by atoms with Gasteiger partial charge in [0.15, 0.2) is 5.78 Å². The summed E-state index contributed by atoms with van der Waals surface area (Å²) in [4.78, 5) is 12.6. The van der Waals surface area contributed by atoms with E-state index >= 15 is 0 Å². The minimum atomic E-state index is -1.38. The van der Waals surface area contributed by atoms with E-state index in [2.05, 4.69) is 0 Å². The highest BCUT2D eigenvalue weighted by Crippen LogP contribution is 2.33. The third-order valence-electron chi connectivity index (χ3n) is 4.35. The number of aliphatic hydroxyl groups is 2. The van der Waals surface area contributed by atoms with Crippen LogP contribution in [-0.4, -0.2) is 38.4 Å². The molecule has 0 amide bonds. The predicted molar refractivity (Wildman–Crippen MR) is 105 cm³/mol. The van der Waals surface area contributed by atoms with Crippen LogP contribution in [0.5, 0.6) is 11.5 Å². The number of phenols is 2. The van der Waals surface area contributed by atoms with Crippen LogP contribution < -0.4 is 0 Å². The van der Waals surface area contributed by atoms with Gasteiger partial charge >= 0.3 is 0 Å². The number of hydrogen-bond acceptors (Lipinski definition) is 5. The van der Waals surface area contributed by atoms with Crippen molar-refractivity contribution < 1.29 is 25.2 Å². The second-order valence-corrected chi connectivity index (χ2v) is 7.01. The van der Waals surface area contributed by atoms with Crippen LogP contribution in [0.4, 0.5) is 0 Å². The van der Waals surface area contributed by atoms with E-state index < -0.39 is 18.0 Å². The Morgan fingerprint density at radius 2 is 1.89 bits per heavy atom. The Morgan fingerprint density at radius 1 is 1.19 bits per heavy atom. The summed E-state index contributed by atoms with van der Waals surface area (Å²) in [5.41, 5.74) is 2.73. The van der Waals surface area contributed by atoms with Gasteiger partial charge in [-0.15, -0.1) is 0 Å². The van der Waals surface area contributed by atoms with Crippen molar-refractivity contribution in [2.45, 2.75) is 45.8 Å². The van der Waals surface area contributed by atoms with E-state index in [0.717, 1.165) is 11.1 Å². The van der Waals surface area contributed by atoms with Gasteiger partial charge in [-0.25, -0.2) is 0 Å². The van der Waals surface area contributed by atoms with E-state index in [1.54, 1.807) is 24.3 Å². The largest absolute Gasteiger partial charge is 0.508 e. The highest BCUT2D eigenvalue weighted by Gasteiger charge is 2.24. The number of carbonyl (C=O) groups is 1. The lowest BCUT2D eigenvalue weighted by molar-refractivity contribution is 0.0745. The third kappa shape index (κ3) is 5.42. The lowest BCUT2D eigenvalue weighted by Crippen LogP contribution is -2.21. The number of allylic oxidation sites excluding steroid dienone is 5. The molecule has 0 fully saturated rings. The molecule has 2 unspecified atom stereocenters. The first-order valence-electron chi connectivity index (χ1n) is 8.83. The van der Waals surface area contributed by atoms with Crippen molar-refractivity contribution in [3.05, 3.63) is 70.4 Å². The highest BCUT2D eigenvalue weighted by molar-refractivity contribution is 6.02. The van der Waals surface area contributed by atoms with Gasteiger partial charge in [-0.3, -0.25) is 4.79 Å². The Morgan fingerprint density at radius 3 is 2.56 bits per heavy atom. The van der Waals surface area contributed by atoms with Crippen LogP contribution in [0.3, 0.4) is 0 Å². The molecule has 0 saturated carbocycles. The molecule has 2 atom stereocenters. The summed E-state index contributed by atoms with van der Waals surface area (Å²) in [6.07, 6.45) is 6.74. The molecule has 0 aliphatic heterocycles. The van der Waals surface area contributed by atoms with Crippen molar-refractivity contribution in [1.82, 2.24) is 0 Å². The molecule has 2 rings (SSSR count). The molecule has 0 saturated heterocycles. The Hall–Kier alpha value is -2.63. The number of hydrogen-bond donors (Lipinski definition) is 4. The zero-order valence-electron chi connectivity index (χ0n) is 15.8. The maximum Gasteiger partial charge on any atom is 0.195 e. The molecule has 5 heteroatoms. The minimum absolute atomic E-state index is 0.0110. The number of aliphatic hydroxyl groups excluding tert-OH is 2. The molecule has 0 radical (unpaired) electrons. The van der Waals surface area contributed by atoms with Crippen LogP contribution in [0.15, 0.2) is 59.2 Å². The SMILES string of the molecule is CC(C)=CCc1c(O)ccc(C(=O)C(O)CC2=CC(O)C=C(C)C=C2)c1O. The van der Waals surface area contributed by atoms with Crippen LogP contribution in [0, 0.1) is 0 Å². The summed E-state index contributed by atoms with van der Waals surface area (Å²) in [7, 11) is 0. The fourth-order valence-electron chi connectivity index (χ4n) is 2.85. The number of carbonyl (C=O) groups excluding carboxylic acids is 1. The van der Waals surface area contributed by atoms with E-state index in [4.69, 9.17) is 0 Å². The Balaban J connectivity index is 2.23. The zero-order chi connectivity index (χ0) is 20.1. The van der Waals surface area contributed by atoms with Gasteiger partial charge in [0.25, 0.3) is 0 Å². The lowest BCUT2D eigenvalue weighted by Gasteiger charge is -2.14. The first kappa shape index (κ1) is 20.7. The molecule has 0 spiro atoms. The molecule has 1 aromatic rings. The first-order valence-corrected chi connectivity index (χ1v) is 8.83. The lowest BCUT2D eigenvalue weighted by atomic mass is 9.95. The van der Waals surface area contributed by atoms with Crippen LogP contribution in [0.1, 0.15) is 43.1 Å². The molecule has 1 aliphatic rings. The Bertz CT molecular complexity index is 839. The Kier molecular flexibility index (Phi) is 6.77. The average Bonchev–Trinajstić information content (AvgIpc) is 2.74.